The minimum atomic E-state index is -3.85. The topological polar surface area (TPSA) is 118 Å². The molecule has 120 valence electrons. The number of carbonyl (C=O) groups is 2. The number of benzene rings is 1. The Kier molecular flexibility index (Phi) is 4.74. The molecule has 0 spiro atoms. The minimum Gasteiger partial charge on any atom is -0.481 e. The SMILES string of the molecule is NS(=O)(=O)C1CC(=O)N(C(CC(=O)O)c2ccc(Cl)cc2)C1. The number of halogens is 1. The first-order valence-corrected chi connectivity index (χ1v) is 8.45. The third-order valence-corrected chi connectivity index (χ3v) is 5.08. The van der Waals surface area contributed by atoms with E-state index in [2.05, 4.69) is 0 Å². The first kappa shape index (κ1) is 16.7. The fourth-order valence-electron chi connectivity index (χ4n) is 2.48. The molecule has 2 rings (SSSR count). The van der Waals surface area contributed by atoms with Gasteiger partial charge in [-0.3, -0.25) is 9.59 Å². The number of carboxylic acid groups (broad SMARTS) is 1. The maximum atomic E-state index is 12.1. The van der Waals surface area contributed by atoms with Crippen LogP contribution in [-0.2, 0) is 19.6 Å². The summed E-state index contributed by atoms with van der Waals surface area (Å²) in [5.74, 6) is -1.52. The maximum absolute atomic E-state index is 12.1. The van der Waals surface area contributed by atoms with E-state index in [-0.39, 0.29) is 19.4 Å². The molecule has 7 nitrogen and oxygen atoms in total. The van der Waals surface area contributed by atoms with Crippen molar-refractivity contribution in [2.24, 2.45) is 5.14 Å². The normalized spacial score (nSPS) is 20.2. The molecular formula is C13H15ClN2O5S. The average molecular weight is 347 g/mol. The van der Waals surface area contributed by atoms with Crippen molar-refractivity contribution in [2.45, 2.75) is 24.1 Å². The molecule has 0 aromatic heterocycles. The fraction of sp³-hybridized carbons (Fsp3) is 0.385. The summed E-state index contributed by atoms with van der Waals surface area (Å²) in [5.41, 5.74) is 0.579. The van der Waals surface area contributed by atoms with Crippen molar-refractivity contribution < 1.29 is 23.1 Å². The standard InChI is InChI=1S/C13H15ClN2O5S/c14-9-3-1-8(2-4-9)11(6-13(18)19)16-7-10(5-12(16)17)22(15,20)21/h1-4,10-11H,5-7H2,(H,18,19)(H2,15,20,21). The van der Waals surface area contributed by atoms with Gasteiger partial charge in [-0.15, -0.1) is 0 Å². The lowest BCUT2D eigenvalue weighted by Crippen LogP contribution is -2.35. The smallest absolute Gasteiger partial charge is 0.305 e. The summed E-state index contributed by atoms with van der Waals surface area (Å²) in [4.78, 5) is 24.4. The van der Waals surface area contributed by atoms with Crippen LogP contribution in [0.5, 0.6) is 0 Å². The number of amides is 1. The van der Waals surface area contributed by atoms with Crippen LogP contribution in [0, 0.1) is 0 Å². The summed E-state index contributed by atoms with van der Waals surface area (Å²) in [6.45, 7) is -0.113. The Morgan fingerprint density at radius 2 is 2.00 bits per heavy atom. The van der Waals surface area contributed by atoms with Gasteiger partial charge in [-0.25, -0.2) is 13.6 Å². The van der Waals surface area contributed by atoms with Crippen LogP contribution in [0.1, 0.15) is 24.4 Å². The van der Waals surface area contributed by atoms with Crippen molar-refractivity contribution in [1.29, 1.82) is 0 Å². The maximum Gasteiger partial charge on any atom is 0.305 e. The van der Waals surface area contributed by atoms with Crippen molar-refractivity contribution in [3.63, 3.8) is 0 Å². The molecule has 1 aliphatic rings. The second-order valence-corrected chi connectivity index (χ2v) is 7.41. The molecule has 1 fully saturated rings. The predicted octanol–water partition coefficient (Wildman–Crippen LogP) is 0.745. The first-order chi connectivity index (χ1) is 10.2. The van der Waals surface area contributed by atoms with Crippen LogP contribution in [0.4, 0.5) is 0 Å². The molecule has 1 amide bonds. The molecule has 0 saturated carbocycles. The van der Waals surface area contributed by atoms with E-state index >= 15 is 0 Å². The highest BCUT2D eigenvalue weighted by Gasteiger charge is 2.40. The predicted molar refractivity (Wildman–Crippen MR) is 79.7 cm³/mol. The quantitative estimate of drug-likeness (QED) is 0.815. The summed E-state index contributed by atoms with van der Waals surface area (Å²) in [5, 5.41) is 13.6. The van der Waals surface area contributed by atoms with Crippen LogP contribution in [0.15, 0.2) is 24.3 Å². The Bertz CT molecular complexity index is 689. The molecule has 1 aromatic carbocycles. The molecular weight excluding hydrogens is 332 g/mol. The largest absolute Gasteiger partial charge is 0.481 e. The number of nitrogens with two attached hydrogens (primary N) is 1. The summed E-state index contributed by atoms with van der Waals surface area (Å²) in [7, 11) is -3.85. The van der Waals surface area contributed by atoms with Gasteiger partial charge in [0.05, 0.1) is 12.5 Å². The van der Waals surface area contributed by atoms with Gasteiger partial charge in [-0.1, -0.05) is 23.7 Å². The van der Waals surface area contributed by atoms with Gasteiger partial charge >= 0.3 is 5.97 Å². The van der Waals surface area contributed by atoms with E-state index < -0.39 is 33.2 Å². The highest BCUT2D eigenvalue weighted by Crippen LogP contribution is 2.31. The van der Waals surface area contributed by atoms with E-state index in [1.807, 2.05) is 0 Å². The van der Waals surface area contributed by atoms with E-state index in [1.165, 1.54) is 4.90 Å². The van der Waals surface area contributed by atoms with Crippen molar-refractivity contribution in [2.75, 3.05) is 6.54 Å². The van der Waals surface area contributed by atoms with E-state index in [4.69, 9.17) is 21.8 Å². The van der Waals surface area contributed by atoms with E-state index in [0.717, 1.165) is 0 Å². The minimum absolute atomic E-state index is 0.113. The van der Waals surface area contributed by atoms with Gasteiger partial charge in [0, 0.05) is 18.0 Å². The number of sulfonamides is 1. The molecule has 1 aromatic rings. The van der Waals surface area contributed by atoms with Gasteiger partial charge in [0.1, 0.15) is 5.25 Å². The van der Waals surface area contributed by atoms with E-state index in [0.29, 0.717) is 10.6 Å². The Labute approximate surface area is 132 Å². The summed E-state index contributed by atoms with van der Waals surface area (Å²) < 4.78 is 22.8. The molecule has 0 radical (unpaired) electrons. The average Bonchev–Trinajstić information content (AvgIpc) is 2.79. The number of primary sulfonamides is 1. The molecule has 0 aliphatic carbocycles. The Balaban J connectivity index is 2.32. The number of carbonyl (C=O) groups excluding carboxylic acids is 1. The zero-order valence-electron chi connectivity index (χ0n) is 11.5. The van der Waals surface area contributed by atoms with Crippen molar-refractivity contribution >= 4 is 33.5 Å². The van der Waals surface area contributed by atoms with Crippen LogP contribution in [-0.4, -0.2) is 42.1 Å². The number of likely N-dealkylation sites (tertiary alicyclic amines) is 1. The number of carboxylic acids is 1. The Morgan fingerprint density at radius 1 is 1.41 bits per heavy atom. The second-order valence-electron chi connectivity index (χ2n) is 5.13. The summed E-state index contributed by atoms with van der Waals surface area (Å²) in [6, 6.07) is 5.66. The zero-order chi connectivity index (χ0) is 16.5. The van der Waals surface area contributed by atoms with Crippen LogP contribution in [0.25, 0.3) is 0 Å². The van der Waals surface area contributed by atoms with E-state index in [9.17, 15) is 18.0 Å². The number of rotatable bonds is 5. The highest BCUT2D eigenvalue weighted by atomic mass is 35.5. The summed E-state index contributed by atoms with van der Waals surface area (Å²) >= 11 is 5.80. The monoisotopic (exact) mass is 346 g/mol. The highest BCUT2D eigenvalue weighted by molar-refractivity contribution is 7.89. The Morgan fingerprint density at radius 3 is 2.45 bits per heavy atom. The lowest BCUT2D eigenvalue weighted by atomic mass is 10.0. The number of aliphatic carboxylic acids is 1. The number of nitrogens with zero attached hydrogens (tertiary/aromatic N) is 1. The lowest BCUT2D eigenvalue weighted by Gasteiger charge is -2.27. The van der Waals surface area contributed by atoms with Crippen LogP contribution in [0.2, 0.25) is 5.02 Å². The summed E-state index contributed by atoms with van der Waals surface area (Å²) in [6.07, 6.45) is -0.562. The van der Waals surface area contributed by atoms with Crippen molar-refractivity contribution in [3.8, 4) is 0 Å². The molecule has 9 heteroatoms. The zero-order valence-corrected chi connectivity index (χ0v) is 13.0. The van der Waals surface area contributed by atoms with Gasteiger partial charge in [0.2, 0.25) is 15.9 Å². The molecule has 0 bridgehead atoms. The van der Waals surface area contributed by atoms with Gasteiger partial charge in [-0.2, -0.15) is 0 Å². The molecule has 2 unspecified atom stereocenters. The van der Waals surface area contributed by atoms with Crippen molar-refractivity contribution in [1.82, 2.24) is 4.90 Å². The number of hydrogen-bond donors (Lipinski definition) is 2. The number of hydrogen-bond acceptors (Lipinski definition) is 4. The van der Waals surface area contributed by atoms with Gasteiger partial charge in [0.15, 0.2) is 0 Å². The van der Waals surface area contributed by atoms with Crippen LogP contribution < -0.4 is 5.14 Å². The van der Waals surface area contributed by atoms with Crippen molar-refractivity contribution in [3.05, 3.63) is 34.9 Å². The van der Waals surface area contributed by atoms with Crippen LogP contribution >= 0.6 is 11.6 Å². The molecule has 3 N–H and O–H groups in total. The fourth-order valence-corrected chi connectivity index (χ4v) is 3.35. The van der Waals surface area contributed by atoms with Gasteiger partial charge < -0.3 is 10.0 Å². The lowest BCUT2D eigenvalue weighted by molar-refractivity contribution is -0.139. The van der Waals surface area contributed by atoms with Gasteiger partial charge in [0.25, 0.3) is 0 Å². The first-order valence-electron chi connectivity index (χ1n) is 6.47. The Hall–Kier alpha value is -1.64. The third-order valence-electron chi connectivity index (χ3n) is 3.59. The van der Waals surface area contributed by atoms with Crippen LogP contribution in [0.3, 0.4) is 0 Å². The molecule has 22 heavy (non-hydrogen) atoms. The van der Waals surface area contributed by atoms with E-state index in [1.54, 1.807) is 24.3 Å². The van der Waals surface area contributed by atoms with Gasteiger partial charge in [-0.05, 0) is 17.7 Å². The molecule has 1 aliphatic heterocycles. The molecule has 1 heterocycles. The second kappa shape index (κ2) is 6.23. The molecule has 2 atom stereocenters. The third kappa shape index (κ3) is 3.76. The molecule has 1 saturated heterocycles.